The highest BCUT2D eigenvalue weighted by molar-refractivity contribution is 4.96. The molecule has 3 saturated heterocycles. The summed E-state index contributed by atoms with van der Waals surface area (Å²) >= 11 is 0. The SMILES string of the molecule is OCC(O)CO[C@H]1O[C@H](CO)[C@@H](O[C@H]2O[C@H](CO)[C@@H](O[C@H]3O[C@H](CO)[C@@H](O)[C@H](O)[C@H]3O)[C@H](O)[C@H]2O)[C@H](O)[C@H]1O. The second kappa shape index (κ2) is 14.4. The Morgan fingerprint density at radius 2 is 0.923 bits per heavy atom. The van der Waals surface area contributed by atoms with Crippen LogP contribution in [0.1, 0.15) is 0 Å². The Kier molecular flexibility index (Phi) is 12.1. The van der Waals surface area contributed by atoms with Crippen LogP contribution in [0.4, 0.5) is 0 Å². The van der Waals surface area contributed by atoms with Crippen LogP contribution < -0.4 is 0 Å². The molecule has 0 aromatic rings. The monoisotopic (exact) mass is 578 g/mol. The first kappa shape index (κ1) is 32.8. The lowest BCUT2D eigenvalue weighted by atomic mass is 9.96. The van der Waals surface area contributed by atoms with Crippen LogP contribution in [0.5, 0.6) is 0 Å². The molecule has 3 aliphatic heterocycles. The molecule has 1 unspecified atom stereocenters. The minimum Gasteiger partial charge on any atom is -0.394 e. The number of hydrogen-bond donors (Lipinski definition) is 12. The van der Waals surface area contributed by atoms with Crippen molar-refractivity contribution in [2.24, 2.45) is 0 Å². The molecule has 0 saturated carbocycles. The lowest BCUT2D eigenvalue weighted by molar-refractivity contribution is -0.379. The van der Waals surface area contributed by atoms with Gasteiger partial charge in [-0.05, 0) is 0 Å². The minimum absolute atomic E-state index is 0.473. The molecule has 3 heterocycles. The van der Waals surface area contributed by atoms with Crippen molar-refractivity contribution in [1.29, 1.82) is 0 Å². The van der Waals surface area contributed by atoms with Crippen molar-refractivity contribution in [2.45, 2.75) is 98.2 Å². The summed E-state index contributed by atoms with van der Waals surface area (Å²) in [6.45, 7) is -3.50. The molecule has 0 spiro atoms. The van der Waals surface area contributed by atoms with E-state index < -0.39 is 131 Å². The second-order valence-electron chi connectivity index (χ2n) is 9.48. The van der Waals surface area contributed by atoms with Crippen LogP contribution in [-0.4, -0.2) is 193 Å². The summed E-state index contributed by atoms with van der Waals surface area (Å²) in [5.74, 6) is 0. The van der Waals surface area contributed by atoms with Crippen LogP contribution in [0, 0.1) is 0 Å². The fraction of sp³-hybridized carbons (Fsp3) is 1.00. The van der Waals surface area contributed by atoms with Gasteiger partial charge in [-0.2, -0.15) is 0 Å². The third-order valence-corrected chi connectivity index (χ3v) is 6.74. The van der Waals surface area contributed by atoms with Gasteiger partial charge in [-0.3, -0.25) is 0 Å². The van der Waals surface area contributed by atoms with Crippen molar-refractivity contribution < 1.29 is 89.7 Å². The Labute approximate surface area is 221 Å². The van der Waals surface area contributed by atoms with Crippen molar-refractivity contribution in [1.82, 2.24) is 0 Å². The molecule has 3 rings (SSSR count). The summed E-state index contributed by atoms with van der Waals surface area (Å²) < 4.78 is 32.2. The maximum Gasteiger partial charge on any atom is 0.187 e. The number of hydrogen-bond acceptors (Lipinski definition) is 18. The number of ether oxygens (including phenoxy) is 6. The van der Waals surface area contributed by atoms with E-state index in [1.165, 1.54) is 0 Å². The van der Waals surface area contributed by atoms with Crippen LogP contribution in [0.2, 0.25) is 0 Å². The number of rotatable bonds is 11. The molecule has 0 aliphatic carbocycles. The zero-order chi connectivity index (χ0) is 29.0. The fourth-order valence-electron chi connectivity index (χ4n) is 4.44. The van der Waals surface area contributed by atoms with Crippen molar-refractivity contribution in [3.8, 4) is 0 Å². The Bertz CT molecular complexity index is 727. The second-order valence-corrected chi connectivity index (χ2v) is 9.48. The predicted molar refractivity (Wildman–Crippen MR) is 118 cm³/mol. The van der Waals surface area contributed by atoms with E-state index in [1.54, 1.807) is 0 Å². The zero-order valence-corrected chi connectivity index (χ0v) is 20.6. The highest BCUT2D eigenvalue weighted by Crippen LogP contribution is 2.32. The Balaban J connectivity index is 1.68. The van der Waals surface area contributed by atoms with E-state index in [4.69, 9.17) is 33.5 Å². The molecule has 18 heteroatoms. The normalized spacial score (nSPS) is 48.2. The van der Waals surface area contributed by atoms with Gasteiger partial charge in [0.25, 0.3) is 0 Å². The van der Waals surface area contributed by atoms with Gasteiger partial charge >= 0.3 is 0 Å². The summed E-state index contributed by atoms with van der Waals surface area (Å²) in [7, 11) is 0. The van der Waals surface area contributed by atoms with E-state index in [0.29, 0.717) is 0 Å². The third kappa shape index (κ3) is 7.20. The molecule has 16 atom stereocenters. The average Bonchev–Trinajstić information content (AvgIpc) is 2.94. The molecular formula is C21H38O18. The minimum atomic E-state index is -1.94. The molecule has 0 aromatic heterocycles. The van der Waals surface area contributed by atoms with Gasteiger partial charge in [0.1, 0.15) is 79.4 Å². The van der Waals surface area contributed by atoms with E-state index in [-0.39, 0.29) is 0 Å². The van der Waals surface area contributed by atoms with Crippen LogP contribution in [0.3, 0.4) is 0 Å². The van der Waals surface area contributed by atoms with Gasteiger partial charge in [-0.15, -0.1) is 0 Å². The summed E-state index contributed by atoms with van der Waals surface area (Å²) in [6.07, 6.45) is -26.5. The first-order valence-corrected chi connectivity index (χ1v) is 12.3. The average molecular weight is 579 g/mol. The van der Waals surface area contributed by atoms with Crippen LogP contribution in [-0.2, 0) is 28.4 Å². The van der Waals surface area contributed by atoms with E-state index in [9.17, 15) is 56.2 Å². The van der Waals surface area contributed by atoms with E-state index in [1.807, 2.05) is 0 Å². The van der Waals surface area contributed by atoms with Gasteiger partial charge in [0.05, 0.1) is 33.0 Å². The van der Waals surface area contributed by atoms with Gasteiger partial charge < -0.3 is 89.7 Å². The van der Waals surface area contributed by atoms with Gasteiger partial charge in [0.2, 0.25) is 0 Å². The summed E-state index contributed by atoms with van der Waals surface area (Å²) in [4.78, 5) is 0. The third-order valence-electron chi connectivity index (χ3n) is 6.74. The zero-order valence-electron chi connectivity index (χ0n) is 20.6. The van der Waals surface area contributed by atoms with Gasteiger partial charge in [0.15, 0.2) is 18.9 Å². The highest BCUT2D eigenvalue weighted by Gasteiger charge is 2.53. The Morgan fingerprint density at radius 1 is 0.513 bits per heavy atom. The summed E-state index contributed by atoms with van der Waals surface area (Å²) in [6, 6.07) is 0. The van der Waals surface area contributed by atoms with E-state index in [0.717, 1.165) is 0 Å². The van der Waals surface area contributed by atoms with E-state index >= 15 is 0 Å². The molecule has 0 amide bonds. The van der Waals surface area contributed by atoms with Gasteiger partial charge in [0, 0.05) is 0 Å². The quantitative estimate of drug-likeness (QED) is 0.108. The highest BCUT2D eigenvalue weighted by atomic mass is 16.8. The Morgan fingerprint density at radius 3 is 1.38 bits per heavy atom. The lowest BCUT2D eigenvalue weighted by Crippen LogP contribution is -2.66. The standard InChI is InChI=1S/C21H38O18/c22-1-6(26)5-34-19-15(32)12(29)17(8(3-24)36-19)39-21-16(33)13(30)18(9(4-25)37-21)38-20-14(31)11(28)10(27)7(2-23)35-20/h6-33H,1-5H2/t6?,7-,8-,9-,10-,11+,12-,13-,14-,15-,16-,17-,18-,19+,20-,21-/m1/s1. The first-order chi connectivity index (χ1) is 18.5. The largest absolute Gasteiger partial charge is 0.394 e. The summed E-state index contributed by atoms with van der Waals surface area (Å²) in [5, 5.41) is 120. The van der Waals surface area contributed by atoms with Crippen LogP contribution >= 0.6 is 0 Å². The fourth-order valence-corrected chi connectivity index (χ4v) is 4.44. The smallest absolute Gasteiger partial charge is 0.187 e. The Hall–Kier alpha value is -0.720. The molecule has 0 bridgehead atoms. The summed E-state index contributed by atoms with van der Waals surface area (Å²) in [5.41, 5.74) is 0. The number of aliphatic hydroxyl groups excluding tert-OH is 12. The van der Waals surface area contributed by atoms with Crippen LogP contribution in [0.25, 0.3) is 0 Å². The topological polar surface area (TPSA) is 298 Å². The van der Waals surface area contributed by atoms with Gasteiger partial charge in [-0.25, -0.2) is 0 Å². The molecule has 3 fully saturated rings. The molecule has 0 aromatic carbocycles. The molecular weight excluding hydrogens is 540 g/mol. The number of aliphatic hydroxyl groups is 12. The van der Waals surface area contributed by atoms with Crippen molar-refractivity contribution in [2.75, 3.05) is 33.0 Å². The van der Waals surface area contributed by atoms with Crippen molar-refractivity contribution in [3.63, 3.8) is 0 Å². The van der Waals surface area contributed by atoms with Gasteiger partial charge in [-0.1, -0.05) is 0 Å². The molecule has 12 N–H and O–H groups in total. The van der Waals surface area contributed by atoms with Crippen molar-refractivity contribution >= 4 is 0 Å². The maximum atomic E-state index is 10.7. The molecule has 18 nitrogen and oxygen atoms in total. The predicted octanol–water partition coefficient (Wildman–Crippen LogP) is -8.20. The maximum absolute atomic E-state index is 10.7. The molecule has 230 valence electrons. The molecule has 0 radical (unpaired) electrons. The van der Waals surface area contributed by atoms with E-state index in [2.05, 4.69) is 0 Å². The van der Waals surface area contributed by atoms with Crippen LogP contribution in [0.15, 0.2) is 0 Å². The molecule has 3 aliphatic rings. The lowest BCUT2D eigenvalue weighted by Gasteiger charge is -2.48. The first-order valence-electron chi connectivity index (χ1n) is 12.3. The van der Waals surface area contributed by atoms with Crippen molar-refractivity contribution in [3.05, 3.63) is 0 Å². The molecule has 39 heavy (non-hydrogen) atoms.